The van der Waals surface area contributed by atoms with Crippen LogP contribution in [0.2, 0.25) is 0 Å². The van der Waals surface area contributed by atoms with Crippen molar-refractivity contribution in [2.24, 2.45) is 23.5 Å². The van der Waals surface area contributed by atoms with Crippen molar-refractivity contribution < 1.29 is 34.8 Å². The van der Waals surface area contributed by atoms with E-state index >= 15 is 0 Å². The summed E-state index contributed by atoms with van der Waals surface area (Å²) in [6.07, 6.45) is -1.22. The highest BCUT2D eigenvalue weighted by molar-refractivity contribution is 6.25. The van der Waals surface area contributed by atoms with Crippen LogP contribution in [-0.4, -0.2) is 132 Å². The number of likely N-dealkylation sites (N-methyl/N-ethyl adjacent to an activating group) is 2. The number of carbonyl (C=O) groups is 3. The molecule has 3 fully saturated rings. The second-order valence-corrected chi connectivity index (χ2v) is 14.1. The van der Waals surface area contributed by atoms with Crippen LogP contribution in [0.25, 0.3) is 16.9 Å². The molecule has 0 radical (unpaired) electrons. The Morgan fingerprint density at radius 3 is 2.36 bits per heavy atom. The maximum absolute atomic E-state index is 14.3. The van der Waals surface area contributed by atoms with E-state index in [0.717, 1.165) is 49.5 Å². The van der Waals surface area contributed by atoms with Crippen molar-refractivity contribution in [3.05, 3.63) is 52.6 Å². The molecule has 3 aliphatic carbocycles. The van der Waals surface area contributed by atoms with E-state index in [0.29, 0.717) is 11.1 Å². The molecular formula is C35H45N5O7. The van der Waals surface area contributed by atoms with Gasteiger partial charge in [0.2, 0.25) is 11.7 Å². The van der Waals surface area contributed by atoms with E-state index in [2.05, 4.69) is 16.8 Å². The number of ketones is 2. The summed E-state index contributed by atoms with van der Waals surface area (Å²) >= 11 is 0. The molecule has 12 nitrogen and oxygen atoms in total. The zero-order chi connectivity index (χ0) is 34.1. The average molecular weight is 648 g/mol. The van der Waals surface area contributed by atoms with Gasteiger partial charge in [-0.2, -0.15) is 0 Å². The standard InChI is InChI=1S/C35H45N5O7/c1-37(2)24-16-21(19-8-6-7-18(13-19)17-40-11-9-39(5)10-12-40)29(41)26-22(24)14-20-15-23-28(38(3)4)31(43)27(34(36)46)33(45)35(23,47)32(44)25(20)30(26)42/h6-8,13,16,20,23,27-28,31,41-43,47H,9-12,14-15,17H2,1-5H3,(H2,36,46)/t20-,23-,27?,28-,31?,35-/m1/s1. The third-order valence-electron chi connectivity index (χ3n) is 10.8. The molecule has 6 rings (SSSR count). The molecular weight excluding hydrogens is 602 g/mol. The van der Waals surface area contributed by atoms with Crippen molar-refractivity contribution in [1.82, 2.24) is 14.7 Å². The lowest BCUT2D eigenvalue weighted by Crippen LogP contribution is -2.73. The number of benzene rings is 2. The Labute approximate surface area is 274 Å². The highest BCUT2D eigenvalue weighted by Crippen LogP contribution is 2.54. The maximum atomic E-state index is 14.3. The number of aliphatic hydroxyl groups is 3. The molecule has 12 heteroatoms. The number of primary amides is 1. The fourth-order valence-electron chi connectivity index (χ4n) is 8.37. The fraction of sp³-hybridized carbons (Fsp3) is 0.514. The monoisotopic (exact) mass is 647 g/mol. The molecule has 6 N–H and O–H groups in total. The number of hydrogen-bond acceptors (Lipinski definition) is 11. The summed E-state index contributed by atoms with van der Waals surface area (Å²) in [7, 11) is 9.11. The highest BCUT2D eigenvalue weighted by Gasteiger charge is 2.67. The Morgan fingerprint density at radius 2 is 1.74 bits per heavy atom. The summed E-state index contributed by atoms with van der Waals surface area (Å²) < 4.78 is 0. The minimum Gasteiger partial charge on any atom is -0.507 e. The predicted octanol–water partition coefficient (Wildman–Crippen LogP) is 0.609. The Balaban J connectivity index is 1.46. The number of rotatable bonds is 6. The number of anilines is 1. The number of aromatic hydroxyl groups is 1. The van der Waals surface area contributed by atoms with Crippen LogP contribution in [0.1, 0.15) is 23.1 Å². The quantitative estimate of drug-likeness (QED) is 0.278. The molecule has 6 atom stereocenters. The fourth-order valence-corrected chi connectivity index (χ4v) is 8.37. The van der Waals surface area contributed by atoms with E-state index < -0.39 is 58.7 Å². The van der Waals surface area contributed by atoms with E-state index in [9.17, 15) is 34.8 Å². The first-order valence-corrected chi connectivity index (χ1v) is 16.1. The van der Waals surface area contributed by atoms with Gasteiger partial charge in [-0.25, -0.2) is 0 Å². The molecule has 2 unspecified atom stereocenters. The van der Waals surface area contributed by atoms with Crippen molar-refractivity contribution in [1.29, 1.82) is 0 Å². The molecule has 2 saturated carbocycles. The van der Waals surface area contributed by atoms with Crippen LogP contribution in [0.3, 0.4) is 0 Å². The number of carbonyl (C=O) groups excluding carboxylic acids is 3. The summed E-state index contributed by atoms with van der Waals surface area (Å²) in [5.74, 6) is -7.54. The number of aliphatic hydroxyl groups excluding tert-OH is 2. The largest absolute Gasteiger partial charge is 0.507 e. The van der Waals surface area contributed by atoms with Gasteiger partial charge in [-0.1, -0.05) is 18.2 Å². The van der Waals surface area contributed by atoms with Crippen LogP contribution in [-0.2, 0) is 27.3 Å². The zero-order valence-corrected chi connectivity index (χ0v) is 27.6. The van der Waals surface area contributed by atoms with Crippen LogP contribution in [0.5, 0.6) is 5.75 Å². The van der Waals surface area contributed by atoms with E-state index in [1.165, 1.54) is 0 Å². The first kappa shape index (κ1) is 33.1. The number of nitrogens with zero attached hydrogens (tertiary/aromatic N) is 4. The first-order chi connectivity index (χ1) is 22.2. The summed E-state index contributed by atoms with van der Waals surface area (Å²) in [6.45, 7) is 4.65. The van der Waals surface area contributed by atoms with Crippen molar-refractivity contribution in [2.45, 2.75) is 37.1 Å². The SMILES string of the molecule is CN1CCN(Cc2cccc(-c3cc(N(C)C)c4c(c3O)C(O)=C3C(=O)[C@@]5(O)C(=O)C(C(N)=O)C(O)[C@H](N(C)C)[C@H]5C[C@H]3C4)c2)CC1. The smallest absolute Gasteiger partial charge is 0.230 e. The van der Waals surface area contributed by atoms with Crippen LogP contribution < -0.4 is 10.6 Å². The van der Waals surface area contributed by atoms with Gasteiger partial charge in [0.1, 0.15) is 17.4 Å². The number of amides is 1. The Hall–Kier alpha value is -3.81. The molecule has 2 aromatic carbocycles. The number of hydrogen-bond donors (Lipinski definition) is 5. The molecule has 1 aliphatic heterocycles. The third kappa shape index (κ3) is 5.23. The maximum Gasteiger partial charge on any atom is 0.230 e. The Morgan fingerprint density at radius 1 is 1.06 bits per heavy atom. The number of Topliss-reactive ketones (excluding diaryl/α,β-unsaturated/α-hetero) is 2. The van der Waals surface area contributed by atoms with Crippen LogP contribution in [0.4, 0.5) is 5.69 Å². The van der Waals surface area contributed by atoms with E-state index in [4.69, 9.17) is 5.73 Å². The minimum absolute atomic E-state index is 0.0713. The van der Waals surface area contributed by atoms with Gasteiger partial charge < -0.3 is 40.9 Å². The van der Waals surface area contributed by atoms with Gasteiger partial charge in [-0.3, -0.25) is 19.3 Å². The van der Waals surface area contributed by atoms with Gasteiger partial charge in [0.15, 0.2) is 11.4 Å². The van der Waals surface area contributed by atoms with Crippen molar-refractivity contribution in [3.63, 3.8) is 0 Å². The topological polar surface area (TPSA) is 171 Å². The number of nitrogens with two attached hydrogens (primary N) is 1. The Bertz CT molecular complexity index is 1660. The predicted molar refractivity (Wildman–Crippen MR) is 177 cm³/mol. The normalized spacial score (nSPS) is 29.8. The molecule has 2 aromatic rings. The lowest BCUT2D eigenvalue weighted by Gasteiger charge is -2.53. The molecule has 0 bridgehead atoms. The van der Waals surface area contributed by atoms with Crippen molar-refractivity contribution in [2.75, 3.05) is 66.3 Å². The van der Waals surface area contributed by atoms with Gasteiger partial charge in [-0.15, -0.1) is 0 Å². The van der Waals surface area contributed by atoms with Crippen LogP contribution >= 0.6 is 0 Å². The Kier molecular flexibility index (Phi) is 8.46. The molecule has 0 aromatic heterocycles. The van der Waals surface area contributed by atoms with E-state index in [1.807, 2.05) is 49.3 Å². The molecule has 252 valence electrons. The van der Waals surface area contributed by atoms with Crippen LogP contribution in [0.15, 0.2) is 35.9 Å². The molecule has 0 spiro atoms. The number of phenolic OH excluding ortho intramolecular Hbond substituents is 1. The van der Waals surface area contributed by atoms with Gasteiger partial charge >= 0.3 is 0 Å². The van der Waals surface area contributed by atoms with Crippen LogP contribution in [0, 0.1) is 17.8 Å². The van der Waals surface area contributed by atoms with Crippen molar-refractivity contribution in [3.8, 4) is 16.9 Å². The molecule has 4 aliphatic rings. The minimum atomic E-state index is -2.69. The summed E-state index contributed by atoms with van der Waals surface area (Å²) in [4.78, 5) is 48.5. The van der Waals surface area contributed by atoms with Crippen molar-refractivity contribution >= 4 is 28.9 Å². The molecule has 47 heavy (non-hydrogen) atoms. The molecule has 1 amide bonds. The zero-order valence-electron chi connectivity index (χ0n) is 27.6. The van der Waals surface area contributed by atoms with E-state index in [1.54, 1.807) is 19.0 Å². The second kappa shape index (κ2) is 12.0. The number of fused-ring (bicyclic) bond motifs is 3. The first-order valence-electron chi connectivity index (χ1n) is 16.1. The lowest BCUT2D eigenvalue weighted by atomic mass is 9.54. The molecule has 1 heterocycles. The molecule has 1 saturated heterocycles. The lowest BCUT2D eigenvalue weighted by molar-refractivity contribution is -0.184. The highest BCUT2D eigenvalue weighted by atomic mass is 16.3. The summed E-state index contributed by atoms with van der Waals surface area (Å²) in [5, 5.41) is 46.7. The number of piperazine rings is 1. The average Bonchev–Trinajstić information content (AvgIpc) is 3.00. The van der Waals surface area contributed by atoms with E-state index in [-0.39, 0.29) is 29.7 Å². The second-order valence-electron chi connectivity index (χ2n) is 14.1. The van der Waals surface area contributed by atoms with Gasteiger partial charge in [-0.05, 0) is 68.7 Å². The summed E-state index contributed by atoms with van der Waals surface area (Å²) in [6, 6.07) is 8.84. The van der Waals surface area contributed by atoms with Gasteiger partial charge in [0.25, 0.3) is 0 Å². The third-order valence-corrected chi connectivity index (χ3v) is 10.8. The van der Waals surface area contributed by atoms with Gasteiger partial charge in [0, 0.05) is 75.6 Å². The summed E-state index contributed by atoms with van der Waals surface area (Å²) in [5.41, 5.74) is 6.38. The number of phenols is 1. The van der Waals surface area contributed by atoms with Gasteiger partial charge in [0.05, 0.1) is 11.7 Å².